The zero-order valence-corrected chi connectivity index (χ0v) is 17.4. The van der Waals surface area contributed by atoms with Crippen LogP contribution >= 0.6 is 23.2 Å². The first kappa shape index (κ1) is 20.7. The Balaban J connectivity index is 1.45. The Bertz CT molecular complexity index is 1190. The number of benzene rings is 2. The monoisotopic (exact) mass is 455 g/mol. The van der Waals surface area contributed by atoms with Gasteiger partial charge in [0.15, 0.2) is 0 Å². The molecule has 0 aliphatic carbocycles. The Morgan fingerprint density at radius 3 is 2.42 bits per heavy atom. The van der Waals surface area contributed by atoms with Crippen LogP contribution in [0.25, 0.3) is 0 Å². The second-order valence-electron chi connectivity index (χ2n) is 6.58. The summed E-state index contributed by atoms with van der Waals surface area (Å²) in [7, 11) is 0. The molecule has 7 nitrogen and oxygen atoms in total. The van der Waals surface area contributed by atoms with E-state index in [-0.39, 0.29) is 23.2 Å². The van der Waals surface area contributed by atoms with E-state index in [1.807, 2.05) is 0 Å². The van der Waals surface area contributed by atoms with Gasteiger partial charge in [0, 0.05) is 16.3 Å². The molecule has 3 amide bonds. The molecule has 2 aromatic carbocycles. The number of hydrogen-bond donors (Lipinski definition) is 2. The van der Waals surface area contributed by atoms with Crippen molar-refractivity contribution in [2.24, 2.45) is 0 Å². The maximum Gasteiger partial charge on any atom is 0.283 e. The summed E-state index contributed by atoms with van der Waals surface area (Å²) >= 11 is 12.1. The van der Waals surface area contributed by atoms with Gasteiger partial charge in [-0.05, 0) is 54.6 Å². The van der Waals surface area contributed by atoms with Crippen molar-refractivity contribution in [3.63, 3.8) is 0 Å². The number of nitrogens with zero attached hydrogens (tertiary/aromatic N) is 1. The molecule has 0 unspecified atom stereocenters. The minimum absolute atomic E-state index is 0.0540. The first-order valence-corrected chi connectivity index (χ1v) is 9.91. The third-order valence-corrected chi connectivity index (χ3v) is 5.10. The molecular weight excluding hydrogens is 441 g/mol. The predicted octanol–water partition coefficient (Wildman–Crippen LogP) is 4.30. The van der Waals surface area contributed by atoms with Crippen LogP contribution < -0.4 is 15.5 Å². The molecule has 3 aromatic rings. The van der Waals surface area contributed by atoms with Crippen molar-refractivity contribution in [1.82, 2.24) is 5.32 Å². The molecule has 1 aromatic heterocycles. The highest BCUT2D eigenvalue weighted by Gasteiger charge is 2.39. The van der Waals surface area contributed by atoms with Gasteiger partial charge in [-0.2, -0.15) is 0 Å². The van der Waals surface area contributed by atoms with Crippen LogP contribution in [-0.4, -0.2) is 17.7 Å². The van der Waals surface area contributed by atoms with E-state index in [9.17, 15) is 14.4 Å². The number of nitrogens with one attached hydrogen (secondary N) is 2. The molecule has 4 rings (SSSR count). The lowest BCUT2D eigenvalue weighted by molar-refractivity contribution is -0.120. The number of carbonyl (C=O) groups excluding carboxylic acids is 3. The van der Waals surface area contributed by atoms with E-state index in [2.05, 4.69) is 10.6 Å². The average Bonchev–Trinajstić information content (AvgIpc) is 3.35. The third kappa shape index (κ3) is 4.33. The zero-order valence-electron chi connectivity index (χ0n) is 15.9. The molecule has 0 spiro atoms. The van der Waals surface area contributed by atoms with E-state index in [0.29, 0.717) is 27.7 Å². The highest BCUT2D eigenvalue weighted by atomic mass is 35.5. The van der Waals surface area contributed by atoms with Crippen LogP contribution in [0, 0.1) is 0 Å². The number of hydrogen-bond acceptors (Lipinski definition) is 5. The molecule has 31 heavy (non-hydrogen) atoms. The number of amides is 3. The van der Waals surface area contributed by atoms with E-state index in [4.69, 9.17) is 27.6 Å². The van der Waals surface area contributed by atoms with E-state index in [1.54, 1.807) is 54.6 Å². The molecule has 0 fully saturated rings. The van der Waals surface area contributed by atoms with Crippen molar-refractivity contribution < 1.29 is 18.8 Å². The highest BCUT2D eigenvalue weighted by Crippen LogP contribution is 2.31. The summed E-state index contributed by atoms with van der Waals surface area (Å²) in [5.41, 5.74) is 1.18. The second kappa shape index (κ2) is 8.67. The molecule has 156 valence electrons. The standard InChI is InChI=1S/C22H15Cl2N3O4/c23-14-3-1-4-16(11-14)27-21(29)18(24)19(22(27)30)26-15-8-6-13(7-9-15)20(28)25-12-17-5-2-10-31-17/h1-11,26H,12H2,(H,25,28). The van der Waals surface area contributed by atoms with Crippen molar-refractivity contribution in [2.45, 2.75) is 6.54 Å². The first-order valence-electron chi connectivity index (χ1n) is 9.16. The molecule has 0 radical (unpaired) electrons. The lowest BCUT2D eigenvalue weighted by atomic mass is 10.2. The lowest BCUT2D eigenvalue weighted by Crippen LogP contribution is -2.32. The van der Waals surface area contributed by atoms with Crippen LogP contribution in [-0.2, 0) is 16.1 Å². The second-order valence-corrected chi connectivity index (χ2v) is 7.39. The predicted molar refractivity (Wildman–Crippen MR) is 117 cm³/mol. The smallest absolute Gasteiger partial charge is 0.283 e. The fraction of sp³-hybridized carbons (Fsp3) is 0.0455. The van der Waals surface area contributed by atoms with E-state index < -0.39 is 11.8 Å². The summed E-state index contributed by atoms with van der Waals surface area (Å²) in [4.78, 5) is 38.5. The molecule has 1 aliphatic rings. The normalized spacial score (nSPS) is 13.7. The van der Waals surface area contributed by atoms with Crippen LogP contribution in [0.3, 0.4) is 0 Å². The number of imide groups is 1. The van der Waals surface area contributed by atoms with Gasteiger partial charge >= 0.3 is 0 Å². The van der Waals surface area contributed by atoms with Gasteiger partial charge in [0.2, 0.25) is 0 Å². The zero-order chi connectivity index (χ0) is 22.0. The van der Waals surface area contributed by atoms with Crippen molar-refractivity contribution in [1.29, 1.82) is 0 Å². The van der Waals surface area contributed by atoms with Crippen LogP contribution in [0.4, 0.5) is 11.4 Å². The molecule has 9 heteroatoms. The van der Waals surface area contributed by atoms with E-state index >= 15 is 0 Å². The summed E-state index contributed by atoms with van der Waals surface area (Å²) in [6.07, 6.45) is 1.53. The van der Waals surface area contributed by atoms with Gasteiger partial charge in [-0.25, -0.2) is 4.90 Å². The molecular formula is C22H15Cl2N3O4. The Hall–Kier alpha value is -3.55. The van der Waals surface area contributed by atoms with Crippen LogP contribution in [0.5, 0.6) is 0 Å². The van der Waals surface area contributed by atoms with Gasteiger partial charge in [0.05, 0.1) is 18.5 Å². The van der Waals surface area contributed by atoms with Gasteiger partial charge in [-0.15, -0.1) is 0 Å². The van der Waals surface area contributed by atoms with Gasteiger partial charge in [-0.3, -0.25) is 14.4 Å². The Kier molecular flexibility index (Phi) is 5.79. The first-order chi connectivity index (χ1) is 14.9. The minimum atomic E-state index is -0.648. The summed E-state index contributed by atoms with van der Waals surface area (Å²) in [6.45, 7) is 0.268. The third-order valence-electron chi connectivity index (χ3n) is 4.51. The summed E-state index contributed by atoms with van der Waals surface area (Å²) in [5.74, 6) is -0.885. The fourth-order valence-electron chi connectivity index (χ4n) is 2.99. The molecule has 0 atom stereocenters. The molecule has 1 aliphatic heterocycles. The molecule has 2 heterocycles. The minimum Gasteiger partial charge on any atom is -0.467 e. The van der Waals surface area contributed by atoms with Crippen molar-refractivity contribution in [2.75, 3.05) is 10.2 Å². The SMILES string of the molecule is O=C(NCc1ccco1)c1ccc(NC2=C(Cl)C(=O)N(c3cccc(Cl)c3)C2=O)cc1. The number of rotatable bonds is 6. The van der Waals surface area contributed by atoms with Crippen molar-refractivity contribution in [3.05, 3.63) is 94.0 Å². The highest BCUT2D eigenvalue weighted by molar-refractivity contribution is 6.53. The number of furan rings is 1. The quantitative estimate of drug-likeness (QED) is 0.540. The maximum atomic E-state index is 12.8. The van der Waals surface area contributed by atoms with Crippen LogP contribution in [0.15, 0.2) is 82.1 Å². The topological polar surface area (TPSA) is 91.7 Å². The molecule has 0 saturated heterocycles. The van der Waals surface area contributed by atoms with Gasteiger partial charge < -0.3 is 15.1 Å². The lowest BCUT2D eigenvalue weighted by Gasteiger charge is -2.15. The Labute approximate surface area is 187 Å². The fourth-order valence-corrected chi connectivity index (χ4v) is 3.39. The summed E-state index contributed by atoms with van der Waals surface area (Å²) < 4.78 is 5.18. The van der Waals surface area contributed by atoms with Crippen LogP contribution in [0.1, 0.15) is 16.1 Å². The molecule has 0 saturated carbocycles. The van der Waals surface area contributed by atoms with Gasteiger partial charge in [0.25, 0.3) is 17.7 Å². The summed E-state index contributed by atoms with van der Waals surface area (Å²) in [6, 6.07) is 16.3. The Morgan fingerprint density at radius 1 is 0.968 bits per heavy atom. The molecule has 0 bridgehead atoms. The maximum absolute atomic E-state index is 12.8. The number of carbonyl (C=O) groups is 3. The number of anilines is 2. The Morgan fingerprint density at radius 2 is 1.74 bits per heavy atom. The van der Waals surface area contributed by atoms with Crippen LogP contribution in [0.2, 0.25) is 5.02 Å². The van der Waals surface area contributed by atoms with E-state index in [1.165, 1.54) is 12.3 Å². The average molecular weight is 456 g/mol. The van der Waals surface area contributed by atoms with Gasteiger partial charge in [0.1, 0.15) is 16.5 Å². The largest absolute Gasteiger partial charge is 0.467 e. The van der Waals surface area contributed by atoms with Crippen molar-refractivity contribution in [3.8, 4) is 0 Å². The number of halogens is 2. The summed E-state index contributed by atoms with van der Waals surface area (Å²) in [5, 5.41) is 5.76. The molecule has 2 N–H and O–H groups in total. The van der Waals surface area contributed by atoms with E-state index in [0.717, 1.165) is 4.90 Å². The van der Waals surface area contributed by atoms with Crippen molar-refractivity contribution >= 4 is 52.3 Å². The van der Waals surface area contributed by atoms with Gasteiger partial charge in [-0.1, -0.05) is 29.3 Å².